The number of nitrogens with one attached hydrogen (secondary N) is 2. The van der Waals surface area contributed by atoms with Gasteiger partial charge in [-0.2, -0.15) is 0 Å². The van der Waals surface area contributed by atoms with E-state index in [1.165, 1.54) is 6.92 Å². The number of anilines is 2. The van der Waals surface area contributed by atoms with Gasteiger partial charge in [0.15, 0.2) is 0 Å². The summed E-state index contributed by atoms with van der Waals surface area (Å²) in [5, 5.41) is 5.63. The third-order valence-electron chi connectivity index (χ3n) is 4.27. The number of ether oxygens (including phenoxy) is 1. The first-order chi connectivity index (χ1) is 12.3. The highest BCUT2D eigenvalue weighted by atomic mass is 16.5. The number of hydrogen-bond acceptors (Lipinski definition) is 4. The van der Waals surface area contributed by atoms with E-state index in [4.69, 9.17) is 4.74 Å². The number of fused-ring (bicyclic) bond motifs is 1. The van der Waals surface area contributed by atoms with Gasteiger partial charge >= 0.3 is 5.97 Å². The summed E-state index contributed by atoms with van der Waals surface area (Å²) in [7, 11) is 0. The highest BCUT2D eigenvalue weighted by molar-refractivity contribution is 6.07. The lowest BCUT2D eigenvalue weighted by Gasteiger charge is -2.32. The topological polar surface area (TPSA) is 84.5 Å². The first kappa shape index (κ1) is 17.7. The van der Waals surface area contributed by atoms with Gasteiger partial charge in [0.1, 0.15) is 5.75 Å². The SMILES string of the molecule is CC(=O)Oc1ccccc1C(=O)Nc1ccc2c(c1)NC(=O)CC2(C)C. The van der Waals surface area contributed by atoms with E-state index in [2.05, 4.69) is 10.6 Å². The summed E-state index contributed by atoms with van der Waals surface area (Å²) in [4.78, 5) is 35.7. The number of carbonyl (C=O) groups is 3. The molecule has 0 unspecified atom stereocenters. The van der Waals surface area contributed by atoms with E-state index in [1.54, 1.807) is 36.4 Å². The van der Waals surface area contributed by atoms with Crippen LogP contribution in [0.2, 0.25) is 0 Å². The number of rotatable bonds is 3. The maximum absolute atomic E-state index is 12.6. The molecule has 2 aromatic rings. The Hall–Kier alpha value is -3.15. The summed E-state index contributed by atoms with van der Waals surface area (Å²) >= 11 is 0. The number of carbonyl (C=O) groups excluding carboxylic acids is 3. The Morgan fingerprint density at radius 1 is 1.15 bits per heavy atom. The number of benzene rings is 2. The van der Waals surface area contributed by atoms with Crippen LogP contribution in [0, 0.1) is 0 Å². The molecule has 6 nitrogen and oxygen atoms in total. The average molecular weight is 352 g/mol. The van der Waals surface area contributed by atoms with Crippen molar-refractivity contribution in [2.75, 3.05) is 10.6 Å². The highest BCUT2D eigenvalue weighted by Crippen LogP contribution is 2.38. The van der Waals surface area contributed by atoms with Crippen molar-refractivity contribution in [3.8, 4) is 5.75 Å². The largest absolute Gasteiger partial charge is 0.426 e. The van der Waals surface area contributed by atoms with Crippen LogP contribution < -0.4 is 15.4 Å². The number of hydrogen-bond donors (Lipinski definition) is 2. The molecule has 0 aliphatic carbocycles. The molecule has 1 aliphatic rings. The lowest BCUT2D eigenvalue weighted by atomic mass is 9.78. The van der Waals surface area contributed by atoms with Crippen LogP contribution in [-0.4, -0.2) is 17.8 Å². The Bertz CT molecular complexity index is 902. The quantitative estimate of drug-likeness (QED) is 0.654. The summed E-state index contributed by atoms with van der Waals surface area (Å²) in [5.41, 5.74) is 2.25. The average Bonchev–Trinajstić information content (AvgIpc) is 2.53. The van der Waals surface area contributed by atoms with Crippen molar-refractivity contribution >= 4 is 29.2 Å². The molecule has 6 heteroatoms. The zero-order valence-electron chi connectivity index (χ0n) is 14.9. The molecule has 1 aliphatic heterocycles. The maximum Gasteiger partial charge on any atom is 0.308 e. The van der Waals surface area contributed by atoms with Crippen molar-refractivity contribution in [1.29, 1.82) is 0 Å². The van der Waals surface area contributed by atoms with Gasteiger partial charge in [-0.05, 0) is 29.8 Å². The summed E-state index contributed by atoms with van der Waals surface area (Å²) in [5.74, 6) is -0.747. The van der Waals surface area contributed by atoms with Gasteiger partial charge < -0.3 is 15.4 Å². The van der Waals surface area contributed by atoms with E-state index in [0.29, 0.717) is 17.8 Å². The molecule has 26 heavy (non-hydrogen) atoms. The second kappa shape index (κ2) is 6.63. The van der Waals surface area contributed by atoms with Crippen LogP contribution in [-0.2, 0) is 15.0 Å². The first-order valence-electron chi connectivity index (χ1n) is 8.29. The smallest absolute Gasteiger partial charge is 0.308 e. The Morgan fingerprint density at radius 2 is 1.88 bits per heavy atom. The minimum Gasteiger partial charge on any atom is -0.426 e. The van der Waals surface area contributed by atoms with Crippen LogP contribution in [0.25, 0.3) is 0 Å². The van der Waals surface area contributed by atoms with Crippen LogP contribution in [0.15, 0.2) is 42.5 Å². The molecule has 2 N–H and O–H groups in total. The fourth-order valence-corrected chi connectivity index (χ4v) is 3.10. The van der Waals surface area contributed by atoms with Gasteiger partial charge in [0.25, 0.3) is 5.91 Å². The highest BCUT2D eigenvalue weighted by Gasteiger charge is 2.31. The third kappa shape index (κ3) is 3.59. The van der Waals surface area contributed by atoms with Crippen LogP contribution in [0.3, 0.4) is 0 Å². The van der Waals surface area contributed by atoms with Gasteiger partial charge in [-0.15, -0.1) is 0 Å². The second-order valence-corrected chi connectivity index (χ2v) is 6.91. The molecule has 134 valence electrons. The van der Waals surface area contributed by atoms with Gasteiger partial charge in [-0.25, -0.2) is 0 Å². The molecular weight excluding hydrogens is 332 g/mol. The van der Waals surface area contributed by atoms with Crippen LogP contribution >= 0.6 is 0 Å². The van der Waals surface area contributed by atoms with Gasteiger partial charge in [-0.1, -0.05) is 32.0 Å². The Labute approximate surface area is 151 Å². The van der Waals surface area contributed by atoms with E-state index in [-0.39, 0.29) is 22.6 Å². The van der Waals surface area contributed by atoms with Gasteiger partial charge in [0, 0.05) is 30.1 Å². The molecule has 0 bridgehead atoms. The lowest BCUT2D eigenvalue weighted by Crippen LogP contribution is -2.32. The summed E-state index contributed by atoms with van der Waals surface area (Å²) in [6.07, 6.45) is 0.418. The zero-order chi connectivity index (χ0) is 18.9. The minimum absolute atomic E-state index is 0.0498. The Morgan fingerprint density at radius 3 is 2.62 bits per heavy atom. The van der Waals surface area contributed by atoms with E-state index in [1.807, 2.05) is 19.9 Å². The maximum atomic E-state index is 12.6. The number of esters is 1. The van der Waals surface area contributed by atoms with Crippen molar-refractivity contribution in [2.45, 2.75) is 32.6 Å². The third-order valence-corrected chi connectivity index (χ3v) is 4.27. The molecule has 0 radical (unpaired) electrons. The standard InChI is InChI=1S/C20H20N2O4/c1-12(23)26-17-7-5-4-6-14(17)19(25)21-13-8-9-15-16(10-13)22-18(24)11-20(15,2)3/h4-10H,11H2,1-3H3,(H,21,25)(H,22,24). The zero-order valence-corrected chi connectivity index (χ0v) is 14.9. The minimum atomic E-state index is -0.496. The number of para-hydroxylation sites is 1. The monoisotopic (exact) mass is 352 g/mol. The predicted octanol–water partition coefficient (Wildman–Crippen LogP) is 3.48. The molecule has 0 saturated heterocycles. The molecular formula is C20H20N2O4. The molecule has 2 amide bonds. The molecule has 0 saturated carbocycles. The molecule has 0 aromatic heterocycles. The first-order valence-corrected chi connectivity index (χ1v) is 8.29. The van der Waals surface area contributed by atoms with E-state index >= 15 is 0 Å². The molecule has 0 atom stereocenters. The van der Waals surface area contributed by atoms with Gasteiger partial charge in [0.05, 0.1) is 5.56 Å². The van der Waals surface area contributed by atoms with E-state index in [0.717, 1.165) is 5.56 Å². The van der Waals surface area contributed by atoms with Crippen molar-refractivity contribution in [2.24, 2.45) is 0 Å². The molecule has 0 fully saturated rings. The fraction of sp³-hybridized carbons (Fsp3) is 0.250. The summed E-state index contributed by atoms with van der Waals surface area (Å²) in [6, 6.07) is 12.0. The van der Waals surface area contributed by atoms with Crippen LogP contribution in [0.4, 0.5) is 11.4 Å². The van der Waals surface area contributed by atoms with Crippen LogP contribution in [0.1, 0.15) is 43.1 Å². The summed E-state index contributed by atoms with van der Waals surface area (Å²) in [6.45, 7) is 5.30. The lowest BCUT2D eigenvalue weighted by molar-refractivity contribution is -0.131. The second-order valence-electron chi connectivity index (χ2n) is 6.91. The predicted molar refractivity (Wildman–Crippen MR) is 98.4 cm³/mol. The van der Waals surface area contributed by atoms with E-state index in [9.17, 15) is 14.4 Å². The van der Waals surface area contributed by atoms with Crippen LogP contribution in [0.5, 0.6) is 5.75 Å². The van der Waals surface area contributed by atoms with Crippen molar-refractivity contribution in [3.05, 3.63) is 53.6 Å². The Balaban J connectivity index is 1.87. The summed E-state index contributed by atoms with van der Waals surface area (Å²) < 4.78 is 5.08. The number of amides is 2. The fourth-order valence-electron chi connectivity index (χ4n) is 3.10. The Kier molecular flexibility index (Phi) is 4.50. The normalized spacial score (nSPS) is 14.8. The molecule has 0 spiro atoms. The van der Waals surface area contributed by atoms with Crippen molar-refractivity contribution in [3.63, 3.8) is 0 Å². The molecule has 1 heterocycles. The van der Waals surface area contributed by atoms with Gasteiger partial charge in [-0.3, -0.25) is 14.4 Å². The van der Waals surface area contributed by atoms with Crippen molar-refractivity contribution in [1.82, 2.24) is 0 Å². The molecule has 3 rings (SSSR count). The molecule has 2 aromatic carbocycles. The van der Waals surface area contributed by atoms with Gasteiger partial charge in [0.2, 0.25) is 5.91 Å². The van der Waals surface area contributed by atoms with Crippen molar-refractivity contribution < 1.29 is 19.1 Å². The van der Waals surface area contributed by atoms with E-state index < -0.39 is 11.9 Å².